The molecule has 0 fully saturated rings. The number of ether oxygens (including phenoxy) is 1. The maximum absolute atomic E-state index is 13.9. The molecule has 0 aromatic heterocycles. The Kier molecular flexibility index (Phi) is 5.31. The fraction of sp³-hybridized carbons (Fsp3) is 0.250. The summed E-state index contributed by atoms with van der Waals surface area (Å²) in [6.07, 6.45) is 0. The van der Waals surface area contributed by atoms with Gasteiger partial charge in [0.25, 0.3) is 0 Å². The first-order chi connectivity index (χ1) is 10.0. The highest BCUT2D eigenvalue weighted by atomic mass is 79.9. The van der Waals surface area contributed by atoms with Crippen molar-refractivity contribution >= 4 is 15.9 Å². The van der Waals surface area contributed by atoms with Crippen LogP contribution in [0.4, 0.5) is 8.78 Å². The Morgan fingerprint density at radius 1 is 1.14 bits per heavy atom. The maximum Gasteiger partial charge on any atom is 0.144 e. The van der Waals surface area contributed by atoms with E-state index in [2.05, 4.69) is 21.2 Å². The molecule has 2 aromatic carbocycles. The van der Waals surface area contributed by atoms with Crippen LogP contribution >= 0.6 is 15.9 Å². The van der Waals surface area contributed by atoms with E-state index in [1.807, 2.05) is 31.2 Å². The lowest BCUT2D eigenvalue weighted by atomic mass is 10.1. The lowest BCUT2D eigenvalue weighted by Crippen LogP contribution is -2.19. The fourth-order valence-corrected chi connectivity index (χ4v) is 2.37. The average molecular weight is 356 g/mol. The van der Waals surface area contributed by atoms with Crippen LogP contribution in [0.15, 0.2) is 40.9 Å². The highest BCUT2D eigenvalue weighted by Crippen LogP contribution is 2.23. The highest BCUT2D eigenvalue weighted by molar-refractivity contribution is 9.10. The normalized spacial score (nSPS) is 12.2. The van der Waals surface area contributed by atoms with Crippen LogP contribution in [0, 0.1) is 11.6 Å². The summed E-state index contributed by atoms with van der Waals surface area (Å²) < 4.78 is 32.9. The summed E-state index contributed by atoms with van der Waals surface area (Å²) in [6, 6.07) is 10.1. The van der Waals surface area contributed by atoms with Crippen LogP contribution in [0.2, 0.25) is 0 Å². The van der Waals surface area contributed by atoms with Gasteiger partial charge in [-0.15, -0.1) is 0 Å². The molecule has 0 bridgehead atoms. The quantitative estimate of drug-likeness (QED) is 0.792. The molecule has 0 heterocycles. The maximum atomic E-state index is 13.9. The zero-order chi connectivity index (χ0) is 15.4. The van der Waals surface area contributed by atoms with Crippen molar-refractivity contribution in [1.82, 2.24) is 5.32 Å². The van der Waals surface area contributed by atoms with Crippen molar-refractivity contribution in [3.63, 3.8) is 0 Å². The molecule has 1 atom stereocenters. The third-order valence-electron chi connectivity index (χ3n) is 3.34. The molecule has 0 saturated carbocycles. The minimum absolute atomic E-state index is 0.0322. The summed E-state index contributed by atoms with van der Waals surface area (Å²) >= 11 is 3.06. The Bertz CT molecular complexity index is 616. The van der Waals surface area contributed by atoms with Crippen molar-refractivity contribution in [2.75, 3.05) is 7.11 Å². The second-order valence-corrected chi connectivity index (χ2v) is 5.55. The fourth-order valence-electron chi connectivity index (χ4n) is 2.00. The first-order valence-electron chi connectivity index (χ1n) is 6.52. The second-order valence-electron chi connectivity index (χ2n) is 4.70. The van der Waals surface area contributed by atoms with Crippen LogP contribution in [-0.4, -0.2) is 7.11 Å². The van der Waals surface area contributed by atoms with Crippen LogP contribution in [0.1, 0.15) is 24.1 Å². The van der Waals surface area contributed by atoms with Gasteiger partial charge >= 0.3 is 0 Å². The molecule has 0 aliphatic heterocycles. The molecule has 21 heavy (non-hydrogen) atoms. The molecule has 0 saturated heterocycles. The van der Waals surface area contributed by atoms with Gasteiger partial charge in [-0.3, -0.25) is 0 Å². The van der Waals surface area contributed by atoms with Crippen molar-refractivity contribution in [3.8, 4) is 5.75 Å². The molecule has 2 aromatic rings. The summed E-state index contributed by atoms with van der Waals surface area (Å²) in [5, 5.41) is 3.12. The zero-order valence-electron chi connectivity index (χ0n) is 11.8. The van der Waals surface area contributed by atoms with E-state index < -0.39 is 11.6 Å². The summed E-state index contributed by atoms with van der Waals surface area (Å²) in [5.74, 6) is -0.343. The summed E-state index contributed by atoms with van der Waals surface area (Å²) in [7, 11) is 1.61. The summed E-state index contributed by atoms with van der Waals surface area (Å²) in [6.45, 7) is 2.06. The largest absolute Gasteiger partial charge is 0.497 e. The minimum atomic E-state index is -0.565. The van der Waals surface area contributed by atoms with E-state index in [4.69, 9.17) is 4.74 Å². The summed E-state index contributed by atoms with van der Waals surface area (Å²) in [4.78, 5) is 0. The smallest absolute Gasteiger partial charge is 0.144 e. The Morgan fingerprint density at radius 2 is 1.81 bits per heavy atom. The predicted molar refractivity (Wildman–Crippen MR) is 82.3 cm³/mol. The van der Waals surface area contributed by atoms with E-state index in [1.165, 1.54) is 12.1 Å². The van der Waals surface area contributed by atoms with Crippen molar-refractivity contribution in [1.29, 1.82) is 0 Å². The lowest BCUT2D eigenvalue weighted by Gasteiger charge is -2.16. The number of hydrogen-bond acceptors (Lipinski definition) is 2. The van der Waals surface area contributed by atoms with E-state index in [1.54, 1.807) is 7.11 Å². The topological polar surface area (TPSA) is 21.3 Å². The van der Waals surface area contributed by atoms with E-state index in [9.17, 15) is 8.78 Å². The second kappa shape index (κ2) is 7.00. The number of methoxy groups -OCH3 is 1. The van der Waals surface area contributed by atoms with Crippen LogP contribution in [-0.2, 0) is 6.54 Å². The molecule has 0 amide bonds. The average Bonchev–Trinajstić information content (AvgIpc) is 2.51. The standard InChI is InChI=1S/C16H16BrF2NO/c1-10(11-3-5-12(21-2)6-4-11)20-9-13-15(18)8-7-14(17)16(13)19/h3-8,10,20H,9H2,1-2H3. The van der Waals surface area contributed by atoms with Gasteiger partial charge in [0.15, 0.2) is 0 Å². The molecule has 2 rings (SSSR count). The van der Waals surface area contributed by atoms with Crippen LogP contribution in [0.5, 0.6) is 5.75 Å². The number of benzene rings is 2. The molecule has 0 aliphatic rings. The Morgan fingerprint density at radius 3 is 2.43 bits per heavy atom. The Balaban J connectivity index is 2.07. The van der Waals surface area contributed by atoms with Gasteiger partial charge in [0.05, 0.1) is 11.6 Å². The van der Waals surface area contributed by atoms with Crippen LogP contribution in [0.3, 0.4) is 0 Å². The number of rotatable bonds is 5. The number of nitrogens with one attached hydrogen (secondary N) is 1. The van der Waals surface area contributed by atoms with Crippen molar-refractivity contribution in [2.45, 2.75) is 19.5 Å². The molecule has 1 unspecified atom stereocenters. The van der Waals surface area contributed by atoms with Gasteiger partial charge in [-0.1, -0.05) is 12.1 Å². The summed E-state index contributed by atoms with van der Waals surface area (Å²) in [5.41, 5.74) is 1.05. The molecule has 112 valence electrons. The van der Waals surface area contributed by atoms with E-state index in [-0.39, 0.29) is 22.6 Å². The molecule has 0 radical (unpaired) electrons. The van der Waals surface area contributed by atoms with Gasteiger partial charge < -0.3 is 10.1 Å². The molecular weight excluding hydrogens is 340 g/mol. The van der Waals surface area contributed by atoms with Gasteiger partial charge in [0.1, 0.15) is 17.4 Å². The zero-order valence-corrected chi connectivity index (χ0v) is 13.4. The Hall–Kier alpha value is -1.46. The van der Waals surface area contributed by atoms with Gasteiger partial charge in [0.2, 0.25) is 0 Å². The Labute approximate surface area is 131 Å². The van der Waals surface area contributed by atoms with Crippen molar-refractivity contribution in [2.24, 2.45) is 0 Å². The third-order valence-corrected chi connectivity index (χ3v) is 3.95. The molecule has 0 aliphatic carbocycles. The van der Waals surface area contributed by atoms with Crippen molar-refractivity contribution < 1.29 is 13.5 Å². The van der Waals surface area contributed by atoms with Crippen LogP contribution in [0.25, 0.3) is 0 Å². The predicted octanol–water partition coefficient (Wildman–Crippen LogP) is 4.59. The first-order valence-corrected chi connectivity index (χ1v) is 7.32. The van der Waals surface area contributed by atoms with E-state index >= 15 is 0 Å². The number of halogens is 3. The van der Waals surface area contributed by atoms with Gasteiger partial charge in [0, 0.05) is 18.2 Å². The SMILES string of the molecule is COc1ccc(C(C)NCc2c(F)ccc(Br)c2F)cc1. The molecule has 5 heteroatoms. The van der Waals surface area contributed by atoms with Gasteiger partial charge in [-0.05, 0) is 52.7 Å². The molecular formula is C16H16BrF2NO. The molecule has 1 N–H and O–H groups in total. The number of hydrogen-bond donors (Lipinski definition) is 1. The van der Waals surface area contributed by atoms with Crippen LogP contribution < -0.4 is 10.1 Å². The third kappa shape index (κ3) is 3.80. The van der Waals surface area contributed by atoms with E-state index in [0.717, 1.165) is 11.3 Å². The monoisotopic (exact) mass is 355 g/mol. The highest BCUT2D eigenvalue weighted by Gasteiger charge is 2.13. The van der Waals surface area contributed by atoms with Crippen molar-refractivity contribution in [3.05, 3.63) is 63.6 Å². The van der Waals surface area contributed by atoms with Gasteiger partial charge in [-0.25, -0.2) is 8.78 Å². The lowest BCUT2D eigenvalue weighted by molar-refractivity contribution is 0.414. The molecule has 2 nitrogen and oxygen atoms in total. The molecule has 0 spiro atoms. The first kappa shape index (κ1) is 15.9. The van der Waals surface area contributed by atoms with Gasteiger partial charge in [-0.2, -0.15) is 0 Å². The minimum Gasteiger partial charge on any atom is -0.497 e. The van der Waals surface area contributed by atoms with E-state index in [0.29, 0.717) is 0 Å².